The Kier molecular flexibility index (Phi) is 4.45. The van der Waals surface area contributed by atoms with Crippen molar-refractivity contribution in [2.75, 3.05) is 0 Å². The first-order valence-corrected chi connectivity index (χ1v) is 6.72. The van der Waals surface area contributed by atoms with Gasteiger partial charge < -0.3 is 4.74 Å². The zero-order valence-corrected chi connectivity index (χ0v) is 12.5. The Morgan fingerprint density at radius 1 is 1.32 bits per heavy atom. The number of aromatic nitrogens is 2. The summed E-state index contributed by atoms with van der Waals surface area (Å²) in [6, 6.07) is 5.72. The van der Waals surface area contributed by atoms with Crippen LogP contribution >= 0.6 is 0 Å². The van der Waals surface area contributed by atoms with E-state index in [2.05, 4.69) is 9.97 Å². The van der Waals surface area contributed by atoms with Crippen LogP contribution in [-0.4, -0.2) is 20.7 Å². The van der Waals surface area contributed by atoms with Gasteiger partial charge in [-0.25, -0.2) is 4.98 Å². The monoisotopic (exact) mass is 301 g/mol. The Hall–Kier alpha value is -2.83. The second kappa shape index (κ2) is 6.30. The predicted octanol–water partition coefficient (Wildman–Crippen LogP) is 3.25. The lowest BCUT2D eigenvalue weighted by Gasteiger charge is -2.08. The number of hydrogen-bond donors (Lipinski definition) is 0. The number of nitrogens with zero attached hydrogens (tertiary/aromatic N) is 3. The van der Waals surface area contributed by atoms with E-state index in [4.69, 9.17) is 4.74 Å². The summed E-state index contributed by atoms with van der Waals surface area (Å²) < 4.78 is 5.52. The molecule has 1 aromatic heterocycles. The van der Waals surface area contributed by atoms with Gasteiger partial charge in [-0.05, 0) is 32.4 Å². The normalized spacial score (nSPS) is 10.3. The smallest absolute Gasteiger partial charge is 0.312 e. The second-order valence-corrected chi connectivity index (χ2v) is 4.70. The van der Waals surface area contributed by atoms with E-state index in [0.717, 1.165) is 5.69 Å². The summed E-state index contributed by atoms with van der Waals surface area (Å²) in [6.45, 7) is 5.01. The van der Waals surface area contributed by atoms with Crippen molar-refractivity contribution in [3.05, 3.63) is 51.5 Å². The number of benzene rings is 1. The maximum atomic E-state index is 11.3. The van der Waals surface area contributed by atoms with Crippen LogP contribution in [-0.2, 0) is 6.42 Å². The Labute approximate surface area is 127 Å². The molecule has 0 radical (unpaired) electrons. The Morgan fingerprint density at radius 3 is 2.64 bits per heavy atom. The number of carbonyl (C=O) groups is 1. The fourth-order valence-corrected chi connectivity index (χ4v) is 1.91. The third kappa shape index (κ3) is 3.43. The van der Waals surface area contributed by atoms with Crippen LogP contribution in [0.2, 0.25) is 0 Å². The van der Waals surface area contributed by atoms with Gasteiger partial charge in [-0.15, -0.1) is 0 Å². The predicted molar refractivity (Wildman–Crippen MR) is 79.3 cm³/mol. The fourth-order valence-electron chi connectivity index (χ4n) is 1.91. The van der Waals surface area contributed by atoms with Gasteiger partial charge in [0.15, 0.2) is 5.78 Å². The summed E-state index contributed by atoms with van der Waals surface area (Å²) in [5.74, 6) is 0.552. The maximum Gasteiger partial charge on any atom is 0.312 e. The number of hydrogen-bond acceptors (Lipinski definition) is 6. The molecule has 0 saturated carbocycles. The van der Waals surface area contributed by atoms with Gasteiger partial charge in [0.25, 0.3) is 0 Å². The summed E-state index contributed by atoms with van der Waals surface area (Å²) in [4.78, 5) is 30.2. The molecule has 7 nitrogen and oxygen atoms in total. The summed E-state index contributed by atoms with van der Waals surface area (Å²) in [5.41, 5.74) is 0.764. The molecule has 0 saturated heterocycles. The first-order valence-electron chi connectivity index (χ1n) is 6.72. The summed E-state index contributed by atoms with van der Waals surface area (Å²) in [6.07, 6.45) is 0.699. The first kappa shape index (κ1) is 15.6. The summed E-state index contributed by atoms with van der Waals surface area (Å²) >= 11 is 0. The van der Waals surface area contributed by atoms with Crippen molar-refractivity contribution in [2.24, 2.45) is 0 Å². The third-order valence-electron chi connectivity index (χ3n) is 3.01. The van der Waals surface area contributed by atoms with E-state index in [1.807, 2.05) is 6.92 Å². The van der Waals surface area contributed by atoms with Gasteiger partial charge in [0.2, 0.25) is 11.6 Å². The highest BCUT2D eigenvalue weighted by molar-refractivity contribution is 5.95. The largest absolute Gasteiger partial charge is 0.432 e. The lowest BCUT2D eigenvalue weighted by Crippen LogP contribution is -2.01. The van der Waals surface area contributed by atoms with Crippen LogP contribution < -0.4 is 4.74 Å². The van der Waals surface area contributed by atoms with Crippen LogP contribution in [0.1, 0.15) is 35.7 Å². The number of aryl methyl sites for hydroxylation is 2. The highest BCUT2D eigenvalue weighted by atomic mass is 16.6. The average molecular weight is 301 g/mol. The number of rotatable bonds is 5. The van der Waals surface area contributed by atoms with E-state index in [1.165, 1.54) is 25.1 Å². The molecule has 0 aliphatic rings. The molecular weight excluding hydrogens is 286 g/mol. The Bertz CT molecular complexity index is 744. The van der Waals surface area contributed by atoms with Gasteiger partial charge in [-0.1, -0.05) is 6.92 Å². The van der Waals surface area contributed by atoms with E-state index in [9.17, 15) is 14.9 Å². The number of carbonyl (C=O) groups excluding carboxylic acids is 1. The molecule has 7 heteroatoms. The minimum atomic E-state index is -0.587. The first-order chi connectivity index (χ1) is 10.4. The average Bonchev–Trinajstić information content (AvgIpc) is 2.46. The molecule has 0 bridgehead atoms. The molecule has 0 fully saturated rings. The van der Waals surface area contributed by atoms with Crippen molar-refractivity contribution in [2.45, 2.75) is 27.2 Å². The fraction of sp³-hybridized carbons (Fsp3) is 0.267. The maximum absolute atomic E-state index is 11.3. The lowest BCUT2D eigenvalue weighted by atomic mass is 10.1. The number of ketones is 1. The van der Waals surface area contributed by atoms with Crippen molar-refractivity contribution < 1.29 is 14.5 Å². The van der Waals surface area contributed by atoms with Crippen LogP contribution in [0.25, 0.3) is 0 Å². The zero-order chi connectivity index (χ0) is 16.3. The zero-order valence-electron chi connectivity index (χ0n) is 12.5. The van der Waals surface area contributed by atoms with Crippen LogP contribution in [0.3, 0.4) is 0 Å². The molecule has 22 heavy (non-hydrogen) atoms. The van der Waals surface area contributed by atoms with E-state index in [0.29, 0.717) is 12.2 Å². The van der Waals surface area contributed by atoms with E-state index in [1.54, 1.807) is 13.0 Å². The molecule has 2 aromatic rings. The molecule has 1 aromatic carbocycles. The highest BCUT2D eigenvalue weighted by Gasteiger charge is 2.19. The van der Waals surface area contributed by atoms with Crippen LogP contribution in [0.15, 0.2) is 24.3 Å². The molecule has 0 N–H and O–H groups in total. The standard InChI is InChI=1S/C15H15N3O4/c1-4-12-8-15(17-10(3)16-12)22-14-6-5-11(9(2)19)7-13(14)18(20)21/h5-8H,4H2,1-3H3. The molecular formula is C15H15N3O4. The number of Topliss-reactive ketones (excluding diaryl/α,β-unsaturated/α-hetero) is 1. The van der Waals surface area contributed by atoms with Crippen molar-refractivity contribution in [3.8, 4) is 11.6 Å². The molecule has 0 unspecified atom stereocenters. The van der Waals surface area contributed by atoms with E-state index in [-0.39, 0.29) is 28.7 Å². The topological polar surface area (TPSA) is 95.2 Å². The van der Waals surface area contributed by atoms with Crippen LogP contribution in [0.5, 0.6) is 11.6 Å². The van der Waals surface area contributed by atoms with Crippen molar-refractivity contribution in [1.29, 1.82) is 0 Å². The Morgan fingerprint density at radius 2 is 2.05 bits per heavy atom. The van der Waals surface area contributed by atoms with Crippen LogP contribution in [0.4, 0.5) is 5.69 Å². The second-order valence-electron chi connectivity index (χ2n) is 4.70. The summed E-state index contributed by atoms with van der Waals surface area (Å²) in [7, 11) is 0. The third-order valence-corrected chi connectivity index (χ3v) is 3.01. The molecule has 0 spiro atoms. The molecule has 0 atom stereocenters. The molecule has 2 rings (SSSR count). The highest BCUT2D eigenvalue weighted by Crippen LogP contribution is 2.31. The summed E-state index contributed by atoms with van der Waals surface area (Å²) in [5, 5.41) is 11.2. The van der Waals surface area contributed by atoms with Crippen molar-refractivity contribution in [3.63, 3.8) is 0 Å². The number of nitro groups is 1. The van der Waals surface area contributed by atoms with Gasteiger partial charge in [-0.3, -0.25) is 14.9 Å². The van der Waals surface area contributed by atoms with Gasteiger partial charge in [0.05, 0.1) is 4.92 Å². The lowest BCUT2D eigenvalue weighted by molar-refractivity contribution is -0.385. The van der Waals surface area contributed by atoms with Gasteiger partial charge in [0, 0.05) is 23.4 Å². The minimum Gasteiger partial charge on any atom is -0.432 e. The Balaban J connectivity index is 2.43. The molecule has 0 aliphatic heterocycles. The van der Waals surface area contributed by atoms with Crippen molar-refractivity contribution >= 4 is 11.5 Å². The molecule has 114 valence electrons. The van der Waals surface area contributed by atoms with Gasteiger partial charge >= 0.3 is 5.69 Å². The van der Waals surface area contributed by atoms with Crippen molar-refractivity contribution in [1.82, 2.24) is 9.97 Å². The minimum absolute atomic E-state index is 0.0372. The molecule has 0 aliphatic carbocycles. The molecule has 0 amide bonds. The van der Waals surface area contributed by atoms with Gasteiger partial charge in [-0.2, -0.15) is 4.98 Å². The van der Waals surface area contributed by atoms with E-state index < -0.39 is 4.92 Å². The van der Waals surface area contributed by atoms with E-state index >= 15 is 0 Å². The molecule has 1 heterocycles. The quantitative estimate of drug-likeness (QED) is 0.478. The van der Waals surface area contributed by atoms with Gasteiger partial charge in [0.1, 0.15) is 5.82 Å². The number of nitro benzene ring substituents is 1. The number of ether oxygens (including phenoxy) is 1. The SMILES string of the molecule is CCc1cc(Oc2ccc(C(C)=O)cc2[N+](=O)[O-])nc(C)n1. The van der Waals surface area contributed by atoms with Crippen LogP contribution in [0, 0.1) is 17.0 Å².